The lowest BCUT2D eigenvalue weighted by atomic mass is 9.98. The van der Waals surface area contributed by atoms with E-state index in [2.05, 4.69) is 23.7 Å². The van der Waals surface area contributed by atoms with Gasteiger partial charge in [0.2, 0.25) is 0 Å². The van der Waals surface area contributed by atoms with E-state index in [0.717, 1.165) is 39.0 Å². The van der Waals surface area contributed by atoms with E-state index in [0.29, 0.717) is 5.92 Å². The first-order valence-electron chi connectivity index (χ1n) is 8.63. The Morgan fingerprint density at radius 3 is 2.96 bits per heavy atom. The second-order valence-electron chi connectivity index (χ2n) is 7.29. The van der Waals surface area contributed by atoms with E-state index in [1.807, 2.05) is 37.0 Å². The highest BCUT2D eigenvalue weighted by atomic mass is 32.1. The van der Waals surface area contributed by atoms with Gasteiger partial charge in [-0.25, -0.2) is 4.79 Å². The second kappa shape index (κ2) is 8.15. The van der Waals surface area contributed by atoms with Crippen molar-refractivity contribution in [3.63, 3.8) is 0 Å². The molecule has 5 heteroatoms. The quantitative estimate of drug-likeness (QED) is 0.881. The molecule has 1 aromatic heterocycles. The maximum absolute atomic E-state index is 12.2. The maximum atomic E-state index is 12.2. The van der Waals surface area contributed by atoms with Crippen LogP contribution >= 0.6 is 11.3 Å². The van der Waals surface area contributed by atoms with Crippen LogP contribution in [0.25, 0.3) is 0 Å². The van der Waals surface area contributed by atoms with Crippen molar-refractivity contribution in [2.45, 2.75) is 59.1 Å². The van der Waals surface area contributed by atoms with Crippen LogP contribution in [0.15, 0.2) is 11.4 Å². The molecule has 0 saturated carbocycles. The molecule has 2 rings (SSSR count). The minimum atomic E-state index is -0.419. The van der Waals surface area contributed by atoms with Gasteiger partial charge in [-0.1, -0.05) is 6.92 Å². The number of carbonyl (C=O) groups is 1. The number of nitrogens with zero attached hydrogens (tertiary/aromatic N) is 1. The summed E-state index contributed by atoms with van der Waals surface area (Å²) in [5.74, 6) is 0.515. The molecule has 4 nitrogen and oxygen atoms in total. The highest BCUT2D eigenvalue weighted by Gasteiger charge is 2.27. The summed E-state index contributed by atoms with van der Waals surface area (Å²) >= 11 is 1.83. The number of carbonyl (C=O) groups excluding carboxylic acids is 1. The molecule has 0 spiro atoms. The Morgan fingerprint density at radius 2 is 2.26 bits per heavy atom. The number of hydrogen-bond acceptors (Lipinski definition) is 4. The summed E-state index contributed by atoms with van der Waals surface area (Å²) in [4.78, 5) is 15.5. The van der Waals surface area contributed by atoms with Gasteiger partial charge in [-0.2, -0.15) is 0 Å². The predicted octanol–water partition coefficient (Wildman–Crippen LogP) is 4.05. The zero-order chi connectivity index (χ0) is 16.9. The molecule has 0 aromatic carbocycles. The smallest absolute Gasteiger partial charge is 0.410 e. The summed E-state index contributed by atoms with van der Waals surface area (Å²) in [5.41, 5.74) is 1.03. The lowest BCUT2D eigenvalue weighted by Crippen LogP contribution is -2.44. The lowest BCUT2D eigenvalue weighted by Gasteiger charge is -2.34. The SMILES string of the molecule is CCc1ccsc1CNCC1CCCN(C(=O)OC(C)(C)C)C1. The Kier molecular flexibility index (Phi) is 6.48. The topological polar surface area (TPSA) is 41.6 Å². The van der Waals surface area contributed by atoms with Crippen LogP contribution in [0.4, 0.5) is 4.79 Å². The van der Waals surface area contributed by atoms with Gasteiger partial charge in [0.25, 0.3) is 0 Å². The van der Waals surface area contributed by atoms with Gasteiger partial charge in [0.1, 0.15) is 5.60 Å². The van der Waals surface area contributed by atoms with Gasteiger partial charge in [-0.3, -0.25) is 0 Å². The summed E-state index contributed by atoms with van der Waals surface area (Å²) in [6, 6.07) is 2.21. The number of thiophene rings is 1. The van der Waals surface area contributed by atoms with Crippen LogP contribution in [0, 0.1) is 5.92 Å². The number of hydrogen-bond donors (Lipinski definition) is 1. The average molecular weight is 339 g/mol. The number of aryl methyl sites for hydroxylation is 1. The van der Waals surface area contributed by atoms with E-state index >= 15 is 0 Å². The molecule has 1 atom stereocenters. The molecule has 0 bridgehead atoms. The van der Waals surface area contributed by atoms with Crippen molar-refractivity contribution in [2.24, 2.45) is 5.92 Å². The summed E-state index contributed by atoms with van der Waals surface area (Å²) in [6.45, 7) is 11.5. The van der Waals surface area contributed by atoms with E-state index in [1.165, 1.54) is 16.9 Å². The van der Waals surface area contributed by atoms with Gasteiger partial charge in [0.05, 0.1) is 0 Å². The van der Waals surface area contributed by atoms with E-state index in [1.54, 1.807) is 0 Å². The largest absolute Gasteiger partial charge is 0.444 e. The van der Waals surface area contributed by atoms with Crippen molar-refractivity contribution >= 4 is 17.4 Å². The zero-order valence-corrected chi connectivity index (χ0v) is 15.7. The first-order valence-corrected chi connectivity index (χ1v) is 9.51. The number of likely N-dealkylation sites (tertiary alicyclic amines) is 1. The van der Waals surface area contributed by atoms with Crippen molar-refractivity contribution < 1.29 is 9.53 Å². The fraction of sp³-hybridized carbons (Fsp3) is 0.722. The molecule has 1 aromatic rings. The normalized spacial score (nSPS) is 19.0. The van der Waals surface area contributed by atoms with Crippen molar-refractivity contribution in [3.05, 3.63) is 21.9 Å². The summed E-state index contributed by atoms with van der Waals surface area (Å²) < 4.78 is 5.49. The standard InChI is InChI=1S/C18H30N2O2S/c1-5-15-8-10-23-16(15)12-19-11-14-7-6-9-20(13-14)17(21)22-18(2,3)4/h8,10,14,19H,5-7,9,11-13H2,1-4H3. The molecule has 1 saturated heterocycles. The molecule has 1 N–H and O–H groups in total. The predicted molar refractivity (Wildman–Crippen MR) is 95.9 cm³/mol. The van der Waals surface area contributed by atoms with Crippen molar-refractivity contribution in [2.75, 3.05) is 19.6 Å². The molecule has 23 heavy (non-hydrogen) atoms. The summed E-state index contributed by atoms with van der Waals surface area (Å²) in [6.07, 6.45) is 3.16. The molecular weight excluding hydrogens is 308 g/mol. The number of nitrogens with one attached hydrogen (secondary N) is 1. The Labute approximate surface area is 144 Å². The molecule has 2 heterocycles. The van der Waals surface area contributed by atoms with Crippen molar-refractivity contribution in [1.29, 1.82) is 0 Å². The van der Waals surface area contributed by atoms with Crippen LogP contribution in [-0.4, -0.2) is 36.2 Å². The lowest BCUT2D eigenvalue weighted by molar-refractivity contribution is 0.0166. The first kappa shape index (κ1) is 18.3. The van der Waals surface area contributed by atoms with Gasteiger partial charge in [0, 0.05) is 24.5 Å². The fourth-order valence-electron chi connectivity index (χ4n) is 2.95. The molecule has 1 aliphatic heterocycles. The van der Waals surface area contributed by atoms with E-state index in [4.69, 9.17) is 4.74 Å². The molecule has 130 valence electrons. The minimum Gasteiger partial charge on any atom is -0.444 e. The second-order valence-corrected chi connectivity index (χ2v) is 8.29. The van der Waals surface area contributed by atoms with Crippen LogP contribution < -0.4 is 5.32 Å². The van der Waals surface area contributed by atoms with E-state index in [-0.39, 0.29) is 6.09 Å². The monoisotopic (exact) mass is 338 g/mol. The number of rotatable bonds is 5. The van der Waals surface area contributed by atoms with Gasteiger partial charge < -0.3 is 15.0 Å². The van der Waals surface area contributed by atoms with Gasteiger partial charge in [0.15, 0.2) is 0 Å². The van der Waals surface area contributed by atoms with Crippen LogP contribution in [0.1, 0.15) is 51.0 Å². The highest BCUT2D eigenvalue weighted by molar-refractivity contribution is 7.10. The van der Waals surface area contributed by atoms with Crippen LogP contribution in [0.3, 0.4) is 0 Å². The van der Waals surface area contributed by atoms with E-state index in [9.17, 15) is 4.79 Å². The third-order valence-electron chi connectivity index (χ3n) is 4.11. The third-order valence-corrected chi connectivity index (χ3v) is 5.07. The average Bonchev–Trinajstić information content (AvgIpc) is 2.93. The Morgan fingerprint density at radius 1 is 1.48 bits per heavy atom. The number of piperidine rings is 1. The van der Waals surface area contributed by atoms with Crippen molar-refractivity contribution in [3.8, 4) is 0 Å². The van der Waals surface area contributed by atoms with Gasteiger partial charge in [-0.05, 0) is 69.5 Å². The van der Waals surface area contributed by atoms with Gasteiger partial charge in [-0.15, -0.1) is 11.3 Å². The molecule has 1 amide bonds. The summed E-state index contributed by atoms with van der Waals surface area (Å²) in [7, 11) is 0. The Bertz CT molecular complexity index is 507. The first-order chi connectivity index (χ1) is 10.9. The van der Waals surface area contributed by atoms with Crippen molar-refractivity contribution in [1.82, 2.24) is 10.2 Å². The molecule has 1 fully saturated rings. The zero-order valence-electron chi connectivity index (χ0n) is 14.9. The Balaban J connectivity index is 1.77. The Hall–Kier alpha value is -1.07. The van der Waals surface area contributed by atoms with Crippen LogP contribution in [-0.2, 0) is 17.7 Å². The maximum Gasteiger partial charge on any atom is 0.410 e. The number of amides is 1. The van der Waals surface area contributed by atoms with Crippen LogP contribution in [0.2, 0.25) is 0 Å². The molecule has 1 unspecified atom stereocenters. The fourth-order valence-corrected chi connectivity index (χ4v) is 3.90. The molecule has 0 radical (unpaired) electrons. The minimum absolute atomic E-state index is 0.172. The third kappa shape index (κ3) is 5.81. The highest BCUT2D eigenvalue weighted by Crippen LogP contribution is 2.20. The molecular formula is C18H30N2O2S. The van der Waals surface area contributed by atoms with Crippen LogP contribution in [0.5, 0.6) is 0 Å². The van der Waals surface area contributed by atoms with Gasteiger partial charge >= 0.3 is 6.09 Å². The number of ether oxygens (including phenoxy) is 1. The molecule has 1 aliphatic rings. The molecule has 0 aliphatic carbocycles. The summed E-state index contributed by atoms with van der Waals surface area (Å²) in [5, 5.41) is 5.74. The van der Waals surface area contributed by atoms with E-state index < -0.39 is 5.60 Å².